The molecule has 0 fully saturated rings. The van der Waals surface area contributed by atoms with Crippen LogP contribution in [0.15, 0.2) is 24.3 Å². The van der Waals surface area contributed by atoms with Crippen molar-refractivity contribution in [1.29, 1.82) is 0 Å². The number of carboxylic acids is 1. The van der Waals surface area contributed by atoms with E-state index < -0.39 is 5.97 Å². The van der Waals surface area contributed by atoms with Crippen LogP contribution >= 0.6 is 11.3 Å². The molecular formula is C16H17NO3S. The van der Waals surface area contributed by atoms with Crippen molar-refractivity contribution in [2.75, 3.05) is 0 Å². The molecule has 0 bridgehead atoms. The van der Waals surface area contributed by atoms with E-state index in [9.17, 15) is 4.79 Å². The Balaban J connectivity index is 2.20. The van der Waals surface area contributed by atoms with Crippen molar-refractivity contribution in [2.24, 2.45) is 0 Å². The number of aliphatic carboxylic acids is 1. The summed E-state index contributed by atoms with van der Waals surface area (Å²) in [5, 5.41) is 9.66. The highest BCUT2D eigenvalue weighted by Crippen LogP contribution is 2.26. The van der Waals surface area contributed by atoms with Crippen molar-refractivity contribution in [3.63, 3.8) is 0 Å². The molecule has 0 atom stereocenters. The van der Waals surface area contributed by atoms with Crippen molar-refractivity contribution in [1.82, 2.24) is 4.98 Å². The van der Waals surface area contributed by atoms with Crippen LogP contribution in [0.5, 0.6) is 5.75 Å². The molecule has 21 heavy (non-hydrogen) atoms. The number of para-hydroxylation sites is 1. The summed E-state index contributed by atoms with van der Waals surface area (Å²) in [6.07, 6.45) is 2.66. The Bertz CT molecular complexity index is 669. The maximum Gasteiger partial charge on any atom is 0.328 e. The van der Waals surface area contributed by atoms with Crippen LogP contribution in [0.4, 0.5) is 0 Å². The number of aromatic nitrogens is 1. The summed E-state index contributed by atoms with van der Waals surface area (Å²) >= 11 is 1.62. The fraction of sp³-hybridized carbons (Fsp3) is 0.250. The number of ether oxygens (including phenoxy) is 1. The van der Waals surface area contributed by atoms with Crippen LogP contribution in [0.3, 0.4) is 0 Å². The van der Waals surface area contributed by atoms with Crippen molar-refractivity contribution in [3.8, 4) is 5.75 Å². The number of carboxylic acid groups (broad SMARTS) is 1. The number of hydrogen-bond acceptors (Lipinski definition) is 4. The maximum absolute atomic E-state index is 10.7. The molecule has 1 aromatic heterocycles. The molecule has 0 unspecified atom stereocenters. The fourth-order valence-electron chi connectivity index (χ4n) is 1.90. The fourth-order valence-corrected chi connectivity index (χ4v) is 2.75. The van der Waals surface area contributed by atoms with E-state index in [1.807, 2.05) is 39.0 Å². The van der Waals surface area contributed by atoms with Crippen LogP contribution in [0, 0.1) is 20.8 Å². The second kappa shape index (κ2) is 6.54. The molecular weight excluding hydrogens is 286 g/mol. The highest BCUT2D eigenvalue weighted by molar-refractivity contribution is 7.11. The van der Waals surface area contributed by atoms with Crippen molar-refractivity contribution >= 4 is 23.4 Å². The molecule has 1 aromatic carbocycles. The zero-order valence-corrected chi connectivity index (χ0v) is 13.0. The summed E-state index contributed by atoms with van der Waals surface area (Å²) in [5.41, 5.74) is 2.74. The smallest absolute Gasteiger partial charge is 0.328 e. The quantitative estimate of drug-likeness (QED) is 0.855. The first-order valence-corrected chi connectivity index (χ1v) is 7.35. The molecule has 2 rings (SSSR count). The standard InChI is InChI=1S/C16H17NO3S/c1-10-5-4-6-13(7-8-15(18)19)16(10)20-9-14-17-11(2)12(3)21-14/h4-8H,9H2,1-3H3,(H,18,19)/b8-7+. The van der Waals surface area contributed by atoms with Crippen LogP contribution in [0.1, 0.15) is 26.7 Å². The van der Waals surface area contributed by atoms with Gasteiger partial charge in [-0.3, -0.25) is 0 Å². The second-order valence-corrected chi connectivity index (χ2v) is 5.99. The van der Waals surface area contributed by atoms with Crippen molar-refractivity contribution < 1.29 is 14.6 Å². The zero-order valence-electron chi connectivity index (χ0n) is 12.2. The topological polar surface area (TPSA) is 59.4 Å². The van der Waals surface area contributed by atoms with Crippen LogP contribution in [-0.2, 0) is 11.4 Å². The molecule has 0 amide bonds. The summed E-state index contributed by atoms with van der Waals surface area (Å²) in [4.78, 5) is 16.3. The van der Waals surface area contributed by atoms with E-state index in [0.29, 0.717) is 12.4 Å². The van der Waals surface area contributed by atoms with Crippen LogP contribution < -0.4 is 4.74 Å². The minimum atomic E-state index is -0.978. The van der Waals surface area contributed by atoms with E-state index >= 15 is 0 Å². The largest absolute Gasteiger partial charge is 0.486 e. The number of thiazole rings is 1. The first kappa shape index (κ1) is 15.3. The lowest BCUT2D eigenvalue weighted by Crippen LogP contribution is -1.99. The van der Waals surface area contributed by atoms with Gasteiger partial charge >= 0.3 is 5.97 Å². The lowest BCUT2D eigenvalue weighted by molar-refractivity contribution is -0.131. The maximum atomic E-state index is 10.7. The van der Waals surface area contributed by atoms with Gasteiger partial charge in [-0.25, -0.2) is 9.78 Å². The van der Waals surface area contributed by atoms with Crippen molar-refractivity contribution in [2.45, 2.75) is 27.4 Å². The molecule has 2 aromatic rings. The Morgan fingerprint density at radius 2 is 2.14 bits per heavy atom. The Morgan fingerprint density at radius 1 is 1.38 bits per heavy atom. The second-order valence-electron chi connectivity index (χ2n) is 4.70. The SMILES string of the molecule is Cc1cccc(/C=C/C(=O)O)c1OCc1nc(C)c(C)s1. The molecule has 1 N–H and O–H groups in total. The van der Waals surface area contributed by atoms with E-state index in [0.717, 1.165) is 27.9 Å². The third-order valence-electron chi connectivity index (χ3n) is 3.06. The van der Waals surface area contributed by atoms with Gasteiger partial charge in [-0.05, 0) is 32.4 Å². The van der Waals surface area contributed by atoms with Crippen LogP contribution in [-0.4, -0.2) is 16.1 Å². The number of aryl methyl sites for hydroxylation is 3. The summed E-state index contributed by atoms with van der Waals surface area (Å²) in [6.45, 7) is 6.33. The van der Waals surface area contributed by atoms with E-state index in [-0.39, 0.29) is 0 Å². The zero-order chi connectivity index (χ0) is 15.4. The lowest BCUT2D eigenvalue weighted by Gasteiger charge is -2.10. The van der Waals surface area contributed by atoms with Gasteiger partial charge in [0, 0.05) is 16.5 Å². The average Bonchev–Trinajstić information content (AvgIpc) is 2.74. The minimum Gasteiger partial charge on any atom is -0.486 e. The first-order chi connectivity index (χ1) is 9.97. The van der Waals surface area contributed by atoms with E-state index in [1.165, 1.54) is 4.88 Å². The predicted molar refractivity (Wildman–Crippen MR) is 83.8 cm³/mol. The molecule has 0 spiro atoms. The van der Waals surface area contributed by atoms with Gasteiger partial charge in [0.25, 0.3) is 0 Å². The highest BCUT2D eigenvalue weighted by atomic mass is 32.1. The van der Waals surface area contributed by atoms with Gasteiger partial charge in [0.15, 0.2) is 0 Å². The number of rotatable bonds is 5. The van der Waals surface area contributed by atoms with Gasteiger partial charge in [0.2, 0.25) is 0 Å². The molecule has 5 heteroatoms. The summed E-state index contributed by atoms with van der Waals surface area (Å²) in [7, 11) is 0. The summed E-state index contributed by atoms with van der Waals surface area (Å²) < 4.78 is 5.86. The molecule has 0 radical (unpaired) electrons. The van der Waals surface area contributed by atoms with Gasteiger partial charge in [-0.15, -0.1) is 11.3 Å². The third-order valence-corrected chi connectivity index (χ3v) is 4.11. The van der Waals surface area contributed by atoms with E-state index in [4.69, 9.17) is 9.84 Å². The normalized spacial score (nSPS) is 11.0. The third kappa shape index (κ3) is 3.92. The highest BCUT2D eigenvalue weighted by Gasteiger charge is 2.08. The Labute approximate surface area is 127 Å². The molecule has 0 aliphatic heterocycles. The van der Waals surface area contributed by atoms with Gasteiger partial charge in [0.05, 0.1) is 5.69 Å². The summed E-state index contributed by atoms with van der Waals surface area (Å²) in [5.74, 6) is -0.283. The predicted octanol–water partition coefficient (Wildman–Crippen LogP) is 3.75. The van der Waals surface area contributed by atoms with Gasteiger partial charge < -0.3 is 9.84 Å². The monoisotopic (exact) mass is 303 g/mol. The first-order valence-electron chi connectivity index (χ1n) is 6.53. The lowest BCUT2D eigenvalue weighted by atomic mass is 10.1. The number of hydrogen-bond donors (Lipinski definition) is 1. The molecule has 0 aliphatic rings. The van der Waals surface area contributed by atoms with E-state index in [1.54, 1.807) is 17.4 Å². The Kier molecular flexibility index (Phi) is 4.75. The molecule has 0 aliphatic carbocycles. The average molecular weight is 303 g/mol. The number of nitrogens with zero attached hydrogens (tertiary/aromatic N) is 1. The minimum absolute atomic E-state index is 0.387. The summed E-state index contributed by atoms with van der Waals surface area (Å²) in [6, 6.07) is 5.65. The van der Waals surface area contributed by atoms with E-state index in [2.05, 4.69) is 4.98 Å². The molecule has 4 nitrogen and oxygen atoms in total. The Hall–Kier alpha value is -2.14. The molecule has 0 saturated carbocycles. The van der Waals surface area contributed by atoms with Gasteiger partial charge in [0.1, 0.15) is 17.4 Å². The van der Waals surface area contributed by atoms with Gasteiger partial charge in [-0.2, -0.15) is 0 Å². The van der Waals surface area contributed by atoms with Crippen molar-refractivity contribution in [3.05, 3.63) is 51.0 Å². The molecule has 110 valence electrons. The molecule has 0 saturated heterocycles. The number of carbonyl (C=O) groups is 1. The van der Waals surface area contributed by atoms with Crippen LogP contribution in [0.2, 0.25) is 0 Å². The molecule has 1 heterocycles. The Morgan fingerprint density at radius 3 is 2.76 bits per heavy atom. The van der Waals surface area contributed by atoms with Gasteiger partial charge in [-0.1, -0.05) is 18.2 Å². The van der Waals surface area contributed by atoms with Crippen LogP contribution in [0.25, 0.3) is 6.08 Å². The number of benzene rings is 1.